The third-order valence-electron chi connectivity index (χ3n) is 4.21. The van der Waals surface area contributed by atoms with Crippen LogP contribution in [0.5, 0.6) is 0 Å². The van der Waals surface area contributed by atoms with Crippen molar-refractivity contribution in [1.29, 1.82) is 0 Å². The Morgan fingerprint density at radius 1 is 1.36 bits per heavy atom. The van der Waals surface area contributed by atoms with E-state index < -0.39 is 0 Å². The second-order valence-electron chi connectivity index (χ2n) is 5.64. The van der Waals surface area contributed by atoms with Crippen LogP contribution >= 0.6 is 0 Å². The van der Waals surface area contributed by atoms with Crippen molar-refractivity contribution in [3.8, 4) is 0 Å². The molecule has 0 saturated heterocycles. The van der Waals surface area contributed by atoms with E-state index in [2.05, 4.69) is 25.1 Å². The van der Waals surface area contributed by atoms with Gasteiger partial charge in [-0.1, -0.05) is 18.2 Å². The highest BCUT2D eigenvalue weighted by Gasteiger charge is 2.19. The number of aromatic amines is 1. The number of carbonyl (C=O) groups excluding carboxylic acids is 1. The first-order valence-corrected chi connectivity index (χ1v) is 7.50. The van der Waals surface area contributed by atoms with E-state index in [1.165, 1.54) is 0 Å². The number of aryl methyl sites for hydroxylation is 2. The van der Waals surface area contributed by atoms with Crippen molar-refractivity contribution in [2.24, 2.45) is 0 Å². The largest absolute Gasteiger partial charge is 0.358 e. The zero-order chi connectivity index (χ0) is 15.1. The van der Waals surface area contributed by atoms with Crippen LogP contribution in [0.4, 0.5) is 0 Å². The second-order valence-corrected chi connectivity index (χ2v) is 5.64. The molecular weight excluding hydrogens is 278 g/mol. The van der Waals surface area contributed by atoms with Crippen LogP contribution in [0, 0.1) is 6.92 Å². The number of rotatable bonds is 3. The molecule has 0 unspecified atom stereocenters. The maximum absolute atomic E-state index is 12.5. The number of nitrogens with one attached hydrogen (secondary N) is 2. The van der Waals surface area contributed by atoms with Gasteiger partial charge in [-0.2, -0.15) is 0 Å². The fraction of sp³-hybridized carbons (Fsp3) is 0.312. The van der Waals surface area contributed by atoms with Crippen LogP contribution in [-0.2, 0) is 19.5 Å². The third-order valence-corrected chi connectivity index (χ3v) is 4.21. The minimum Gasteiger partial charge on any atom is -0.358 e. The molecule has 0 radical (unpaired) electrons. The van der Waals surface area contributed by atoms with E-state index in [9.17, 15) is 4.79 Å². The molecule has 1 aliphatic rings. The average molecular weight is 295 g/mol. The summed E-state index contributed by atoms with van der Waals surface area (Å²) in [6.45, 7) is 3.27. The van der Waals surface area contributed by atoms with E-state index in [1.54, 1.807) is 0 Å². The molecule has 112 valence electrons. The third kappa shape index (κ3) is 1.99. The van der Waals surface area contributed by atoms with E-state index >= 15 is 0 Å². The van der Waals surface area contributed by atoms with Crippen molar-refractivity contribution in [2.75, 3.05) is 0 Å². The van der Waals surface area contributed by atoms with Gasteiger partial charge >= 0.3 is 0 Å². The van der Waals surface area contributed by atoms with Crippen LogP contribution in [0.2, 0.25) is 0 Å². The molecular formula is C16H17N5O. The van der Waals surface area contributed by atoms with Gasteiger partial charge < -0.3 is 14.9 Å². The lowest BCUT2D eigenvalue weighted by atomic mass is 10.1. The van der Waals surface area contributed by atoms with Crippen molar-refractivity contribution in [3.63, 3.8) is 0 Å². The Morgan fingerprint density at radius 3 is 3.14 bits per heavy atom. The van der Waals surface area contributed by atoms with Crippen molar-refractivity contribution >= 4 is 16.8 Å². The number of fused-ring (bicyclic) bond motifs is 2. The average Bonchev–Trinajstić information content (AvgIpc) is 3.18. The first kappa shape index (κ1) is 13.1. The van der Waals surface area contributed by atoms with Gasteiger partial charge in [0.2, 0.25) is 0 Å². The quantitative estimate of drug-likeness (QED) is 0.775. The van der Waals surface area contributed by atoms with Crippen molar-refractivity contribution in [2.45, 2.75) is 32.9 Å². The summed E-state index contributed by atoms with van der Waals surface area (Å²) >= 11 is 0. The highest BCUT2D eigenvalue weighted by Crippen LogP contribution is 2.22. The molecule has 1 amide bonds. The summed E-state index contributed by atoms with van der Waals surface area (Å²) in [4.78, 5) is 15.8. The number of para-hydroxylation sites is 1. The van der Waals surface area contributed by atoms with E-state index in [4.69, 9.17) is 0 Å². The van der Waals surface area contributed by atoms with Crippen molar-refractivity contribution < 1.29 is 4.79 Å². The van der Waals surface area contributed by atoms with Crippen LogP contribution in [0.15, 0.2) is 24.3 Å². The summed E-state index contributed by atoms with van der Waals surface area (Å²) < 4.78 is 2.10. The Balaban J connectivity index is 1.57. The molecule has 0 spiro atoms. The molecule has 0 aliphatic carbocycles. The molecule has 2 aromatic heterocycles. The van der Waals surface area contributed by atoms with Crippen LogP contribution < -0.4 is 5.32 Å². The molecule has 6 heteroatoms. The number of benzene rings is 1. The summed E-state index contributed by atoms with van der Waals surface area (Å²) in [5, 5.41) is 12.2. The Kier molecular flexibility index (Phi) is 2.96. The Bertz CT molecular complexity index is 861. The molecule has 6 nitrogen and oxygen atoms in total. The predicted molar refractivity (Wildman–Crippen MR) is 82.5 cm³/mol. The fourth-order valence-electron chi connectivity index (χ4n) is 3.16. The van der Waals surface area contributed by atoms with Crippen molar-refractivity contribution in [1.82, 2.24) is 25.1 Å². The number of amides is 1. The lowest BCUT2D eigenvalue weighted by molar-refractivity contribution is 0.0950. The lowest BCUT2D eigenvalue weighted by Gasteiger charge is -2.06. The highest BCUT2D eigenvalue weighted by molar-refractivity contribution is 6.08. The van der Waals surface area contributed by atoms with E-state index in [1.807, 2.05) is 31.2 Å². The van der Waals surface area contributed by atoms with Gasteiger partial charge in [-0.3, -0.25) is 4.79 Å². The molecule has 2 N–H and O–H groups in total. The van der Waals surface area contributed by atoms with Gasteiger partial charge in [-0.25, -0.2) is 0 Å². The summed E-state index contributed by atoms with van der Waals surface area (Å²) in [5.74, 6) is 1.77. The Morgan fingerprint density at radius 2 is 2.23 bits per heavy atom. The minimum absolute atomic E-state index is 0.0784. The Hall–Kier alpha value is -2.63. The van der Waals surface area contributed by atoms with Gasteiger partial charge in [0, 0.05) is 29.6 Å². The molecule has 0 bridgehead atoms. The number of H-pyrrole nitrogens is 1. The highest BCUT2D eigenvalue weighted by atomic mass is 16.1. The molecule has 0 fully saturated rings. The maximum Gasteiger partial charge on any atom is 0.254 e. The lowest BCUT2D eigenvalue weighted by Crippen LogP contribution is -2.25. The first-order chi connectivity index (χ1) is 10.7. The number of carbonyl (C=O) groups is 1. The molecule has 0 saturated carbocycles. The van der Waals surface area contributed by atoms with Crippen LogP contribution in [0.25, 0.3) is 10.9 Å². The predicted octanol–water partition coefficient (Wildman–Crippen LogP) is 1.94. The van der Waals surface area contributed by atoms with Crippen LogP contribution in [0.3, 0.4) is 0 Å². The zero-order valence-corrected chi connectivity index (χ0v) is 12.4. The summed E-state index contributed by atoms with van der Waals surface area (Å²) in [6, 6.07) is 7.84. The molecule has 1 aliphatic heterocycles. The van der Waals surface area contributed by atoms with E-state index in [-0.39, 0.29) is 5.91 Å². The molecule has 22 heavy (non-hydrogen) atoms. The monoisotopic (exact) mass is 295 g/mol. The molecule has 1 aromatic carbocycles. The van der Waals surface area contributed by atoms with Gasteiger partial charge in [0.25, 0.3) is 5.91 Å². The van der Waals surface area contributed by atoms with E-state index in [0.29, 0.717) is 12.1 Å². The van der Waals surface area contributed by atoms with Gasteiger partial charge in [0.1, 0.15) is 5.82 Å². The number of hydrogen-bond acceptors (Lipinski definition) is 3. The zero-order valence-electron chi connectivity index (χ0n) is 12.4. The summed E-state index contributed by atoms with van der Waals surface area (Å²) in [7, 11) is 0. The minimum atomic E-state index is -0.0784. The number of nitrogens with zero attached hydrogens (tertiary/aromatic N) is 3. The van der Waals surface area contributed by atoms with Crippen LogP contribution in [0.1, 0.15) is 34.1 Å². The fourth-order valence-corrected chi connectivity index (χ4v) is 3.16. The topological polar surface area (TPSA) is 75.6 Å². The van der Waals surface area contributed by atoms with Crippen LogP contribution in [-0.4, -0.2) is 25.7 Å². The summed E-state index contributed by atoms with van der Waals surface area (Å²) in [5.41, 5.74) is 2.57. The standard InChI is InChI=1S/C16H17N5O/c1-10-15(11-5-2-3-6-12(11)18-10)16(22)17-9-14-20-19-13-7-4-8-21(13)14/h2-3,5-6,18H,4,7-9H2,1H3,(H,17,22). The number of hydrogen-bond donors (Lipinski definition) is 2. The van der Waals surface area contributed by atoms with Gasteiger partial charge in [0.05, 0.1) is 12.1 Å². The second kappa shape index (κ2) is 4.98. The number of aromatic nitrogens is 4. The smallest absolute Gasteiger partial charge is 0.254 e. The van der Waals surface area contributed by atoms with Crippen molar-refractivity contribution in [3.05, 3.63) is 47.2 Å². The molecule has 3 heterocycles. The van der Waals surface area contributed by atoms with Gasteiger partial charge in [0.15, 0.2) is 5.82 Å². The first-order valence-electron chi connectivity index (χ1n) is 7.50. The molecule has 3 aromatic rings. The van der Waals surface area contributed by atoms with E-state index in [0.717, 1.165) is 47.6 Å². The maximum atomic E-state index is 12.5. The molecule has 4 rings (SSSR count). The SMILES string of the molecule is Cc1[nH]c2ccccc2c1C(=O)NCc1nnc2n1CCC2. The van der Waals surface area contributed by atoms with Gasteiger partial charge in [-0.05, 0) is 19.4 Å². The normalized spacial score (nSPS) is 13.5. The molecule has 0 atom stereocenters. The van der Waals surface area contributed by atoms with Gasteiger partial charge in [-0.15, -0.1) is 10.2 Å². The summed E-state index contributed by atoms with van der Waals surface area (Å²) in [6.07, 6.45) is 2.08. The Labute approximate surface area is 127 Å².